The van der Waals surface area contributed by atoms with E-state index in [2.05, 4.69) is 32.8 Å². The number of carbonyl (C=O) groups excluding carboxylic acids is 1. The first-order valence-corrected chi connectivity index (χ1v) is 9.32. The van der Waals surface area contributed by atoms with Crippen LogP contribution in [0.15, 0.2) is 0 Å². The van der Waals surface area contributed by atoms with Crippen molar-refractivity contribution in [3.8, 4) is 0 Å². The van der Waals surface area contributed by atoms with E-state index in [1.54, 1.807) is 0 Å². The number of hydrogen-bond acceptors (Lipinski definition) is 5. The van der Waals surface area contributed by atoms with Gasteiger partial charge in [-0.25, -0.2) is 4.68 Å². The summed E-state index contributed by atoms with van der Waals surface area (Å²) in [5.41, 5.74) is 1.38. The van der Waals surface area contributed by atoms with Gasteiger partial charge in [0.25, 0.3) is 5.91 Å². The van der Waals surface area contributed by atoms with Gasteiger partial charge in [0.1, 0.15) is 0 Å². The molecular formula is C17H28N6O. The molecular weight excluding hydrogens is 304 g/mol. The Balaban J connectivity index is 1.40. The van der Waals surface area contributed by atoms with E-state index in [-0.39, 0.29) is 11.9 Å². The molecule has 1 aliphatic carbocycles. The predicted octanol–water partition coefficient (Wildman–Crippen LogP) is 0.866. The minimum atomic E-state index is -0.0671. The minimum Gasteiger partial charge on any atom is -0.346 e. The monoisotopic (exact) mass is 332 g/mol. The fraction of sp³-hybridized carbons (Fsp3) is 0.824. The molecule has 3 fully saturated rings. The molecule has 24 heavy (non-hydrogen) atoms. The third-order valence-corrected chi connectivity index (χ3v) is 5.77. The van der Waals surface area contributed by atoms with Gasteiger partial charge < -0.3 is 10.6 Å². The van der Waals surface area contributed by atoms with Gasteiger partial charge in [0, 0.05) is 24.7 Å². The van der Waals surface area contributed by atoms with Gasteiger partial charge >= 0.3 is 0 Å². The maximum atomic E-state index is 12.7. The Morgan fingerprint density at radius 2 is 1.96 bits per heavy atom. The van der Waals surface area contributed by atoms with Crippen molar-refractivity contribution in [1.82, 2.24) is 30.5 Å². The van der Waals surface area contributed by atoms with Gasteiger partial charge in [-0.1, -0.05) is 5.21 Å². The molecule has 3 aliphatic rings. The molecule has 7 heteroatoms. The standard InChI is InChI=1S/C17H28N6O/c1-11-9-13(10-22(11)14-3-4-14)19-17(24)16-12(2)23(21-20-16)15-5-7-18-8-6-15/h11,13-15,18H,3-10H2,1-2H3,(H,19,24)/t11-,13-/m0/s1. The van der Waals surface area contributed by atoms with Crippen LogP contribution in [-0.2, 0) is 0 Å². The molecule has 1 amide bonds. The lowest BCUT2D eigenvalue weighted by molar-refractivity contribution is 0.0931. The summed E-state index contributed by atoms with van der Waals surface area (Å²) >= 11 is 0. The van der Waals surface area contributed by atoms with E-state index in [4.69, 9.17) is 0 Å². The molecule has 1 saturated carbocycles. The molecule has 132 valence electrons. The van der Waals surface area contributed by atoms with Crippen LogP contribution in [0.3, 0.4) is 0 Å². The number of aromatic nitrogens is 3. The number of hydrogen-bond donors (Lipinski definition) is 2. The lowest BCUT2D eigenvalue weighted by atomic mass is 10.1. The number of likely N-dealkylation sites (tertiary alicyclic amines) is 1. The van der Waals surface area contributed by atoms with Gasteiger partial charge in [0.05, 0.1) is 11.7 Å². The molecule has 2 aliphatic heterocycles. The zero-order valence-corrected chi connectivity index (χ0v) is 14.7. The highest BCUT2D eigenvalue weighted by Crippen LogP contribution is 2.33. The molecule has 0 radical (unpaired) electrons. The number of nitrogens with zero attached hydrogens (tertiary/aromatic N) is 4. The van der Waals surface area contributed by atoms with Crippen molar-refractivity contribution in [1.29, 1.82) is 0 Å². The Labute approximate surface area is 143 Å². The first kappa shape index (κ1) is 16.0. The molecule has 1 aromatic heterocycles. The average molecular weight is 332 g/mol. The summed E-state index contributed by atoms with van der Waals surface area (Å²) in [6.45, 7) is 7.21. The highest BCUT2D eigenvalue weighted by atomic mass is 16.2. The second kappa shape index (κ2) is 6.44. The minimum absolute atomic E-state index is 0.0671. The summed E-state index contributed by atoms with van der Waals surface area (Å²) < 4.78 is 1.95. The van der Waals surface area contributed by atoms with Crippen LogP contribution in [0, 0.1) is 6.92 Å². The van der Waals surface area contributed by atoms with Crippen molar-refractivity contribution in [2.75, 3.05) is 19.6 Å². The molecule has 0 bridgehead atoms. The molecule has 0 aromatic carbocycles. The Bertz CT molecular complexity index is 604. The summed E-state index contributed by atoms with van der Waals surface area (Å²) in [5.74, 6) is -0.0671. The van der Waals surface area contributed by atoms with Crippen LogP contribution in [0.4, 0.5) is 0 Å². The highest BCUT2D eigenvalue weighted by Gasteiger charge is 2.39. The molecule has 3 heterocycles. The largest absolute Gasteiger partial charge is 0.346 e. The first-order valence-electron chi connectivity index (χ1n) is 9.32. The second-order valence-corrected chi connectivity index (χ2v) is 7.63. The highest BCUT2D eigenvalue weighted by molar-refractivity contribution is 5.93. The van der Waals surface area contributed by atoms with Gasteiger partial charge in [-0.15, -0.1) is 5.10 Å². The van der Waals surface area contributed by atoms with Gasteiger partial charge in [0.2, 0.25) is 0 Å². The summed E-state index contributed by atoms with van der Waals surface area (Å²) in [5, 5.41) is 15.0. The summed E-state index contributed by atoms with van der Waals surface area (Å²) in [4.78, 5) is 15.2. The molecule has 2 atom stereocenters. The van der Waals surface area contributed by atoms with Crippen molar-refractivity contribution in [3.05, 3.63) is 11.4 Å². The van der Waals surface area contributed by atoms with Crippen LogP contribution >= 0.6 is 0 Å². The maximum absolute atomic E-state index is 12.7. The van der Waals surface area contributed by atoms with Crippen molar-refractivity contribution in [2.24, 2.45) is 0 Å². The van der Waals surface area contributed by atoms with Gasteiger partial charge in [-0.3, -0.25) is 9.69 Å². The number of nitrogens with one attached hydrogen (secondary N) is 2. The normalized spacial score (nSPS) is 29.1. The predicted molar refractivity (Wildman–Crippen MR) is 91.0 cm³/mol. The second-order valence-electron chi connectivity index (χ2n) is 7.63. The Morgan fingerprint density at radius 3 is 2.67 bits per heavy atom. The van der Waals surface area contributed by atoms with E-state index in [0.717, 1.165) is 50.6 Å². The number of rotatable bonds is 4. The average Bonchev–Trinajstić information content (AvgIpc) is 3.25. The number of piperidine rings is 1. The van der Waals surface area contributed by atoms with Crippen molar-refractivity contribution in [2.45, 2.75) is 70.1 Å². The topological polar surface area (TPSA) is 75.1 Å². The Kier molecular flexibility index (Phi) is 4.30. The van der Waals surface area contributed by atoms with Crippen molar-refractivity contribution < 1.29 is 4.79 Å². The lowest BCUT2D eigenvalue weighted by Gasteiger charge is -2.23. The lowest BCUT2D eigenvalue weighted by Crippen LogP contribution is -2.38. The van der Waals surface area contributed by atoms with Crippen molar-refractivity contribution in [3.63, 3.8) is 0 Å². The summed E-state index contributed by atoms with van der Waals surface area (Å²) in [7, 11) is 0. The van der Waals surface area contributed by atoms with Gasteiger partial charge in [-0.2, -0.15) is 0 Å². The quantitative estimate of drug-likeness (QED) is 0.856. The summed E-state index contributed by atoms with van der Waals surface area (Å²) in [6, 6.07) is 1.91. The molecule has 2 N–H and O–H groups in total. The number of amides is 1. The van der Waals surface area contributed by atoms with Crippen LogP contribution in [0.25, 0.3) is 0 Å². The van der Waals surface area contributed by atoms with Crippen LogP contribution in [0.1, 0.15) is 61.3 Å². The van der Waals surface area contributed by atoms with E-state index < -0.39 is 0 Å². The van der Waals surface area contributed by atoms with E-state index >= 15 is 0 Å². The van der Waals surface area contributed by atoms with Crippen LogP contribution in [0.2, 0.25) is 0 Å². The zero-order valence-electron chi connectivity index (χ0n) is 14.7. The van der Waals surface area contributed by atoms with E-state index in [1.807, 2.05) is 11.6 Å². The van der Waals surface area contributed by atoms with E-state index in [1.165, 1.54) is 12.8 Å². The molecule has 0 spiro atoms. The van der Waals surface area contributed by atoms with Crippen LogP contribution in [-0.4, -0.2) is 63.6 Å². The fourth-order valence-electron chi connectivity index (χ4n) is 4.28. The Morgan fingerprint density at radius 1 is 1.21 bits per heavy atom. The molecule has 0 unspecified atom stereocenters. The van der Waals surface area contributed by atoms with Crippen LogP contribution < -0.4 is 10.6 Å². The first-order chi connectivity index (χ1) is 11.6. The van der Waals surface area contributed by atoms with E-state index in [0.29, 0.717) is 17.8 Å². The number of carbonyl (C=O) groups is 1. The third kappa shape index (κ3) is 3.07. The zero-order chi connectivity index (χ0) is 16.7. The molecule has 2 saturated heterocycles. The molecule has 4 rings (SSSR count). The van der Waals surface area contributed by atoms with Gasteiger partial charge in [-0.05, 0) is 59.0 Å². The summed E-state index contributed by atoms with van der Waals surface area (Å²) in [6.07, 6.45) is 5.75. The van der Waals surface area contributed by atoms with E-state index in [9.17, 15) is 4.79 Å². The molecule has 7 nitrogen and oxygen atoms in total. The third-order valence-electron chi connectivity index (χ3n) is 5.77. The maximum Gasteiger partial charge on any atom is 0.274 e. The van der Waals surface area contributed by atoms with Crippen LogP contribution in [0.5, 0.6) is 0 Å². The Hall–Kier alpha value is -1.47. The smallest absolute Gasteiger partial charge is 0.274 e. The van der Waals surface area contributed by atoms with Crippen molar-refractivity contribution >= 4 is 5.91 Å². The SMILES string of the molecule is Cc1c(C(=O)N[C@H]2C[C@H](C)N(C3CC3)C2)nnn1C1CCNCC1. The fourth-order valence-corrected chi connectivity index (χ4v) is 4.28. The molecule has 1 aromatic rings. The van der Waals surface area contributed by atoms with Gasteiger partial charge in [0.15, 0.2) is 5.69 Å².